The van der Waals surface area contributed by atoms with Crippen molar-refractivity contribution in [2.24, 2.45) is 0 Å². The maximum atomic E-state index is 12.8. The highest BCUT2D eigenvalue weighted by atomic mass is 35.5. The van der Waals surface area contributed by atoms with Crippen LogP contribution in [-0.2, 0) is 11.3 Å². The van der Waals surface area contributed by atoms with Crippen LogP contribution in [0.5, 0.6) is 0 Å². The topological polar surface area (TPSA) is 107 Å². The van der Waals surface area contributed by atoms with Gasteiger partial charge in [0, 0.05) is 22.5 Å². The summed E-state index contributed by atoms with van der Waals surface area (Å²) in [5.74, 6) is 0.253. The molecule has 0 atom stereocenters. The number of nitrogens with zero attached hydrogens (tertiary/aromatic N) is 5. The largest absolute Gasteiger partial charge is 0.350 e. The highest BCUT2D eigenvalue weighted by Gasteiger charge is 2.18. The molecule has 9 nitrogen and oxygen atoms in total. The van der Waals surface area contributed by atoms with Crippen LogP contribution in [0.2, 0.25) is 5.02 Å². The molecule has 3 heterocycles. The van der Waals surface area contributed by atoms with Crippen LogP contribution in [0.3, 0.4) is 0 Å². The molecule has 10 heteroatoms. The fourth-order valence-corrected chi connectivity index (χ4v) is 3.54. The van der Waals surface area contributed by atoms with Crippen molar-refractivity contribution in [1.82, 2.24) is 24.3 Å². The number of aryl methyl sites for hydroxylation is 1. The number of carbonyl (C=O) groups excluding carboxylic acids is 1. The number of benzene rings is 2. The van der Waals surface area contributed by atoms with E-state index in [0.29, 0.717) is 27.7 Å². The summed E-state index contributed by atoms with van der Waals surface area (Å²) in [4.78, 5) is 29.7. The number of anilines is 1. The third-order valence-corrected chi connectivity index (χ3v) is 5.22. The van der Waals surface area contributed by atoms with Crippen molar-refractivity contribution >= 4 is 28.8 Å². The molecule has 33 heavy (non-hydrogen) atoms. The van der Waals surface area contributed by atoms with Crippen molar-refractivity contribution in [3.05, 3.63) is 87.9 Å². The molecule has 5 rings (SSSR count). The SMILES string of the molecule is Cc1cccc(-c2noc(-c3cccn4c(=O)n(CC(=O)Nc5ccc(Cl)cc5)nc34)n2)c1. The number of hydrogen-bond acceptors (Lipinski definition) is 6. The number of hydrogen-bond donors (Lipinski definition) is 1. The standard InChI is InChI=1S/C23H17ClN6O3/c1-14-4-2-5-15(12-14)20-26-22(33-28-20)18-6-3-11-29-21(18)27-30(23(29)32)13-19(31)25-17-9-7-16(24)8-10-17/h2-12H,13H2,1H3,(H,25,31). The van der Waals surface area contributed by atoms with Gasteiger partial charge in [0.2, 0.25) is 11.7 Å². The highest BCUT2D eigenvalue weighted by molar-refractivity contribution is 6.30. The van der Waals surface area contributed by atoms with Crippen molar-refractivity contribution in [2.75, 3.05) is 5.32 Å². The van der Waals surface area contributed by atoms with E-state index in [1.807, 2.05) is 31.2 Å². The van der Waals surface area contributed by atoms with Gasteiger partial charge in [-0.2, -0.15) is 4.98 Å². The van der Waals surface area contributed by atoms with E-state index in [1.165, 1.54) is 4.40 Å². The van der Waals surface area contributed by atoms with Gasteiger partial charge in [0.15, 0.2) is 5.65 Å². The molecule has 0 bridgehead atoms. The first-order valence-electron chi connectivity index (χ1n) is 10.0. The van der Waals surface area contributed by atoms with E-state index in [9.17, 15) is 9.59 Å². The first-order chi connectivity index (χ1) is 16.0. The van der Waals surface area contributed by atoms with Gasteiger partial charge >= 0.3 is 5.69 Å². The van der Waals surface area contributed by atoms with Gasteiger partial charge in [-0.1, -0.05) is 40.5 Å². The minimum Gasteiger partial charge on any atom is -0.333 e. The molecule has 0 fully saturated rings. The number of carbonyl (C=O) groups is 1. The van der Waals surface area contributed by atoms with Crippen LogP contribution in [0.15, 0.2) is 76.2 Å². The van der Waals surface area contributed by atoms with E-state index in [0.717, 1.165) is 15.8 Å². The van der Waals surface area contributed by atoms with Crippen molar-refractivity contribution in [1.29, 1.82) is 0 Å². The molecule has 0 radical (unpaired) electrons. The molecule has 0 saturated carbocycles. The zero-order chi connectivity index (χ0) is 22.9. The van der Waals surface area contributed by atoms with Crippen LogP contribution < -0.4 is 11.0 Å². The van der Waals surface area contributed by atoms with Crippen molar-refractivity contribution in [3.63, 3.8) is 0 Å². The summed E-state index contributed by atoms with van der Waals surface area (Å²) in [5.41, 5.74) is 2.79. The molecule has 1 amide bonds. The molecule has 0 unspecified atom stereocenters. The molecule has 164 valence electrons. The summed E-state index contributed by atoms with van der Waals surface area (Å²) < 4.78 is 7.88. The Morgan fingerprint density at radius 1 is 1.12 bits per heavy atom. The van der Waals surface area contributed by atoms with Crippen LogP contribution in [0.25, 0.3) is 28.5 Å². The number of rotatable bonds is 5. The van der Waals surface area contributed by atoms with E-state index in [1.54, 1.807) is 42.6 Å². The smallest absolute Gasteiger partial charge is 0.333 e. The minimum absolute atomic E-state index is 0.222. The molecule has 0 aliphatic heterocycles. The van der Waals surface area contributed by atoms with Crippen LogP contribution in [-0.4, -0.2) is 30.2 Å². The summed E-state index contributed by atoms with van der Waals surface area (Å²) in [6.45, 7) is 1.72. The number of pyridine rings is 1. The predicted octanol–water partition coefficient (Wildman–Crippen LogP) is 3.81. The summed E-state index contributed by atoms with van der Waals surface area (Å²) in [7, 11) is 0. The minimum atomic E-state index is -0.462. The lowest BCUT2D eigenvalue weighted by Gasteiger charge is -2.04. The molecular formula is C23H17ClN6O3. The first kappa shape index (κ1) is 20.7. The molecule has 1 N–H and O–H groups in total. The van der Waals surface area contributed by atoms with Crippen LogP contribution in [0.1, 0.15) is 5.56 Å². The van der Waals surface area contributed by atoms with Gasteiger partial charge in [0.25, 0.3) is 5.89 Å². The maximum absolute atomic E-state index is 12.8. The van der Waals surface area contributed by atoms with E-state index < -0.39 is 11.6 Å². The Balaban J connectivity index is 1.45. The molecule has 0 aliphatic rings. The monoisotopic (exact) mass is 460 g/mol. The van der Waals surface area contributed by atoms with Crippen molar-refractivity contribution in [3.8, 4) is 22.8 Å². The highest BCUT2D eigenvalue weighted by Crippen LogP contribution is 2.25. The van der Waals surface area contributed by atoms with Crippen LogP contribution >= 0.6 is 11.6 Å². The summed E-state index contributed by atoms with van der Waals surface area (Å²) in [6, 6.07) is 17.8. The van der Waals surface area contributed by atoms with Gasteiger partial charge in [-0.25, -0.2) is 13.9 Å². The van der Waals surface area contributed by atoms with Gasteiger partial charge in [0.1, 0.15) is 6.54 Å². The van der Waals surface area contributed by atoms with Gasteiger partial charge < -0.3 is 9.84 Å². The van der Waals surface area contributed by atoms with Gasteiger partial charge in [-0.3, -0.25) is 4.79 Å². The second-order valence-electron chi connectivity index (χ2n) is 7.40. The zero-order valence-electron chi connectivity index (χ0n) is 17.4. The summed E-state index contributed by atoms with van der Waals surface area (Å²) in [6.07, 6.45) is 1.57. The van der Waals surface area contributed by atoms with Crippen molar-refractivity contribution < 1.29 is 9.32 Å². The van der Waals surface area contributed by atoms with Gasteiger partial charge in [-0.05, 0) is 49.4 Å². The molecule has 0 spiro atoms. The normalized spacial score (nSPS) is 11.1. The molecule has 0 saturated heterocycles. The average molecular weight is 461 g/mol. The fraction of sp³-hybridized carbons (Fsp3) is 0.0870. The average Bonchev–Trinajstić information content (AvgIpc) is 3.41. The lowest BCUT2D eigenvalue weighted by molar-refractivity contribution is -0.117. The second kappa shape index (κ2) is 8.36. The fourth-order valence-electron chi connectivity index (χ4n) is 3.41. The molecule has 3 aromatic heterocycles. The zero-order valence-corrected chi connectivity index (χ0v) is 18.2. The number of halogens is 1. The van der Waals surface area contributed by atoms with Crippen LogP contribution in [0.4, 0.5) is 5.69 Å². The Kier molecular flexibility index (Phi) is 5.23. The summed E-state index contributed by atoms with van der Waals surface area (Å²) in [5, 5.41) is 11.7. The Bertz CT molecular complexity index is 1530. The molecule has 2 aromatic carbocycles. The number of amides is 1. The van der Waals surface area contributed by atoms with E-state index >= 15 is 0 Å². The maximum Gasteiger partial charge on any atom is 0.350 e. The predicted molar refractivity (Wildman–Crippen MR) is 123 cm³/mol. The van der Waals surface area contributed by atoms with Gasteiger partial charge in [-0.15, -0.1) is 5.10 Å². The number of aromatic nitrogens is 5. The van der Waals surface area contributed by atoms with E-state index in [-0.39, 0.29) is 12.4 Å². The molecule has 0 aliphatic carbocycles. The Morgan fingerprint density at radius 2 is 1.94 bits per heavy atom. The molecular weight excluding hydrogens is 444 g/mol. The number of fused-ring (bicyclic) bond motifs is 1. The Labute approximate surface area is 192 Å². The molecule has 5 aromatic rings. The quantitative estimate of drug-likeness (QED) is 0.427. The van der Waals surface area contributed by atoms with E-state index in [2.05, 4.69) is 20.6 Å². The lowest BCUT2D eigenvalue weighted by atomic mass is 10.1. The third-order valence-electron chi connectivity index (χ3n) is 4.96. The van der Waals surface area contributed by atoms with Crippen LogP contribution in [0, 0.1) is 6.92 Å². The Hall–Kier alpha value is -4.24. The van der Waals surface area contributed by atoms with Crippen molar-refractivity contribution in [2.45, 2.75) is 13.5 Å². The number of nitrogens with one attached hydrogen (secondary N) is 1. The summed E-state index contributed by atoms with van der Waals surface area (Å²) >= 11 is 5.86. The second-order valence-corrected chi connectivity index (χ2v) is 7.84. The first-order valence-corrected chi connectivity index (χ1v) is 10.4. The Morgan fingerprint density at radius 3 is 2.73 bits per heavy atom. The third kappa shape index (κ3) is 4.13. The van der Waals surface area contributed by atoms with E-state index in [4.69, 9.17) is 16.1 Å². The van der Waals surface area contributed by atoms with Gasteiger partial charge in [0.05, 0.1) is 5.56 Å². The lowest BCUT2D eigenvalue weighted by Crippen LogP contribution is -2.28.